The number of amides is 2. The summed E-state index contributed by atoms with van der Waals surface area (Å²) in [6, 6.07) is 13.9. The Kier molecular flexibility index (Phi) is 5.48. The Balaban J connectivity index is 1.49. The van der Waals surface area contributed by atoms with E-state index in [0.29, 0.717) is 11.5 Å². The average molecular weight is 420 g/mol. The number of carbonyl (C=O) groups excluding carboxylic acids is 2. The molecule has 0 saturated heterocycles. The molecule has 0 aliphatic carbocycles. The molecule has 1 aromatic heterocycles. The maximum atomic E-state index is 13.2. The number of carbonyl (C=O) groups is 2. The van der Waals surface area contributed by atoms with Crippen molar-refractivity contribution in [1.29, 1.82) is 0 Å². The molecular formula is C22H21FN6O2. The van der Waals surface area contributed by atoms with Gasteiger partial charge in [-0.1, -0.05) is 30.3 Å². The van der Waals surface area contributed by atoms with E-state index in [4.69, 9.17) is 5.73 Å². The number of halogens is 1. The van der Waals surface area contributed by atoms with Crippen LogP contribution in [0.5, 0.6) is 0 Å². The van der Waals surface area contributed by atoms with E-state index >= 15 is 0 Å². The van der Waals surface area contributed by atoms with Gasteiger partial charge in [0.1, 0.15) is 23.4 Å². The van der Waals surface area contributed by atoms with Crippen LogP contribution in [0.25, 0.3) is 11.3 Å². The molecule has 2 aromatic carbocycles. The van der Waals surface area contributed by atoms with Crippen molar-refractivity contribution in [1.82, 2.24) is 15.3 Å². The van der Waals surface area contributed by atoms with Gasteiger partial charge in [0.2, 0.25) is 5.91 Å². The van der Waals surface area contributed by atoms with Gasteiger partial charge in [-0.2, -0.15) is 5.10 Å². The molecule has 0 saturated carbocycles. The number of H-pyrrole nitrogens is 1. The predicted octanol–water partition coefficient (Wildman–Crippen LogP) is 2.51. The fraction of sp³-hybridized carbons (Fsp3) is 0.182. The molecule has 2 unspecified atom stereocenters. The number of aromatic nitrogens is 2. The molecule has 2 atom stereocenters. The van der Waals surface area contributed by atoms with E-state index in [2.05, 4.69) is 20.4 Å². The van der Waals surface area contributed by atoms with Crippen LogP contribution in [0.15, 0.2) is 65.9 Å². The molecule has 0 bridgehead atoms. The Morgan fingerprint density at radius 1 is 1.19 bits per heavy atom. The zero-order valence-electron chi connectivity index (χ0n) is 16.7. The van der Waals surface area contributed by atoms with E-state index in [-0.39, 0.29) is 12.1 Å². The Morgan fingerprint density at radius 3 is 2.58 bits per heavy atom. The molecule has 1 aliphatic rings. The number of anilines is 1. The fourth-order valence-electron chi connectivity index (χ4n) is 3.37. The van der Waals surface area contributed by atoms with E-state index in [0.717, 1.165) is 11.3 Å². The van der Waals surface area contributed by atoms with Crippen LogP contribution < -0.4 is 16.1 Å². The van der Waals surface area contributed by atoms with Gasteiger partial charge in [-0.3, -0.25) is 14.6 Å². The Hall–Kier alpha value is -4.01. The van der Waals surface area contributed by atoms with Crippen molar-refractivity contribution in [2.45, 2.75) is 25.4 Å². The zero-order valence-corrected chi connectivity index (χ0v) is 16.7. The summed E-state index contributed by atoms with van der Waals surface area (Å²) in [5, 5.41) is 8.46. The lowest BCUT2D eigenvalue weighted by molar-refractivity contribution is -0.119. The number of aromatic amines is 1. The van der Waals surface area contributed by atoms with Crippen LogP contribution >= 0.6 is 0 Å². The molecule has 4 rings (SSSR count). The first-order chi connectivity index (χ1) is 14.9. The van der Waals surface area contributed by atoms with Gasteiger partial charge in [0.05, 0.1) is 23.6 Å². The number of nitrogens with one attached hydrogen (secondary N) is 2. The second-order valence-corrected chi connectivity index (χ2v) is 7.23. The maximum Gasteiger partial charge on any atom is 0.268 e. The number of benzene rings is 2. The third kappa shape index (κ3) is 4.30. The standard InChI is InChI=1S/C22H21FN6O2/c1-13(21-25-12-18(27-21)14-5-3-2-4-6-14)26-22(31)17-11-19(20(24)30)29(28-17)16-9-7-15(23)8-10-16/h2-10,12-13,19H,11H2,1H3,(H2,24,30)(H,25,27)(H,26,31). The maximum absolute atomic E-state index is 13.2. The Bertz CT molecular complexity index is 1130. The monoisotopic (exact) mass is 420 g/mol. The number of hydrazone groups is 1. The molecule has 1 aliphatic heterocycles. The molecule has 3 aromatic rings. The van der Waals surface area contributed by atoms with E-state index < -0.39 is 29.7 Å². The topological polar surface area (TPSA) is 116 Å². The van der Waals surface area contributed by atoms with Crippen molar-refractivity contribution in [3.8, 4) is 11.3 Å². The van der Waals surface area contributed by atoms with Crippen molar-refractivity contribution >= 4 is 23.2 Å². The molecule has 8 nitrogen and oxygen atoms in total. The summed E-state index contributed by atoms with van der Waals surface area (Å²) in [6.45, 7) is 1.80. The van der Waals surface area contributed by atoms with Crippen LogP contribution in [0, 0.1) is 5.82 Å². The summed E-state index contributed by atoms with van der Waals surface area (Å²) in [4.78, 5) is 32.2. The molecule has 158 valence electrons. The van der Waals surface area contributed by atoms with Gasteiger partial charge in [-0.15, -0.1) is 0 Å². The number of hydrogen-bond acceptors (Lipinski definition) is 5. The van der Waals surface area contributed by atoms with Gasteiger partial charge < -0.3 is 16.0 Å². The number of hydrogen-bond donors (Lipinski definition) is 3. The second kappa shape index (κ2) is 8.39. The lowest BCUT2D eigenvalue weighted by Gasteiger charge is -2.20. The van der Waals surface area contributed by atoms with Crippen LogP contribution in [-0.2, 0) is 9.59 Å². The summed E-state index contributed by atoms with van der Waals surface area (Å²) >= 11 is 0. The van der Waals surface area contributed by atoms with Gasteiger partial charge in [0, 0.05) is 6.42 Å². The lowest BCUT2D eigenvalue weighted by Crippen LogP contribution is -2.40. The van der Waals surface area contributed by atoms with E-state index in [1.165, 1.54) is 29.3 Å². The SMILES string of the molecule is CC(NC(=O)C1=NN(c2ccc(F)cc2)C(C(N)=O)C1)c1ncc(-c2ccccc2)[nH]1. The highest BCUT2D eigenvalue weighted by atomic mass is 19.1. The van der Waals surface area contributed by atoms with Gasteiger partial charge in [0.25, 0.3) is 5.91 Å². The summed E-state index contributed by atoms with van der Waals surface area (Å²) in [6.07, 6.45) is 1.76. The van der Waals surface area contributed by atoms with Crippen LogP contribution in [0.4, 0.5) is 10.1 Å². The summed E-state index contributed by atoms with van der Waals surface area (Å²) in [5.41, 5.74) is 7.95. The smallest absolute Gasteiger partial charge is 0.268 e. The number of primary amides is 1. The minimum atomic E-state index is -0.824. The first-order valence-electron chi connectivity index (χ1n) is 9.75. The van der Waals surface area contributed by atoms with E-state index in [1.54, 1.807) is 13.1 Å². The Labute approximate surface area is 178 Å². The summed E-state index contributed by atoms with van der Waals surface area (Å²) in [7, 11) is 0. The largest absolute Gasteiger partial charge is 0.368 e. The first kappa shape index (κ1) is 20.3. The van der Waals surface area contributed by atoms with Crippen molar-refractivity contribution in [3.05, 3.63) is 72.4 Å². The van der Waals surface area contributed by atoms with Crippen molar-refractivity contribution in [2.24, 2.45) is 10.8 Å². The van der Waals surface area contributed by atoms with Gasteiger partial charge in [0.15, 0.2) is 0 Å². The van der Waals surface area contributed by atoms with Gasteiger partial charge in [-0.25, -0.2) is 9.37 Å². The van der Waals surface area contributed by atoms with Crippen molar-refractivity contribution in [2.75, 3.05) is 5.01 Å². The highest BCUT2D eigenvalue weighted by molar-refractivity contribution is 6.40. The van der Waals surface area contributed by atoms with Crippen molar-refractivity contribution < 1.29 is 14.0 Å². The average Bonchev–Trinajstić information content (AvgIpc) is 3.43. The minimum Gasteiger partial charge on any atom is -0.368 e. The van der Waals surface area contributed by atoms with Crippen LogP contribution in [0.3, 0.4) is 0 Å². The zero-order chi connectivity index (χ0) is 22.0. The molecule has 2 amide bonds. The Morgan fingerprint density at radius 2 is 1.90 bits per heavy atom. The first-order valence-corrected chi connectivity index (χ1v) is 9.75. The minimum absolute atomic E-state index is 0.0542. The highest BCUT2D eigenvalue weighted by Gasteiger charge is 2.35. The van der Waals surface area contributed by atoms with E-state index in [9.17, 15) is 14.0 Å². The van der Waals surface area contributed by atoms with Crippen LogP contribution in [-0.4, -0.2) is 33.5 Å². The van der Waals surface area contributed by atoms with Crippen LogP contribution in [0.1, 0.15) is 25.2 Å². The van der Waals surface area contributed by atoms with Gasteiger partial charge >= 0.3 is 0 Å². The third-order valence-corrected chi connectivity index (χ3v) is 5.03. The highest BCUT2D eigenvalue weighted by Crippen LogP contribution is 2.25. The van der Waals surface area contributed by atoms with E-state index in [1.807, 2.05) is 30.3 Å². The molecule has 0 spiro atoms. The molecule has 0 fully saturated rings. The number of nitrogens with zero attached hydrogens (tertiary/aromatic N) is 3. The van der Waals surface area contributed by atoms with Crippen LogP contribution in [0.2, 0.25) is 0 Å². The molecule has 4 N–H and O–H groups in total. The molecule has 2 heterocycles. The number of imidazole rings is 1. The normalized spacial score (nSPS) is 16.6. The third-order valence-electron chi connectivity index (χ3n) is 5.03. The predicted molar refractivity (Wildman–Crippen MR) is 114 cm³/mol. The molecular weight excluding hydrogens is 399 g/mol. The quantitative estimate of drug-likeness (QED) is 0.568. The van der Waals surface area contributed by atoms with Gasteiger partial charge in [-0.05, 0) is 36.8 Å². The summed E-state index contributed by atoms with van der Waals surface area (Å²) in [5.74, 6) is -0.876. The summed E-state index contributed by atoms with van der Waals surface area (Å²) < 4.78 is 13.2. The van der Waals surface area contributed by atoms with Crippen molar-refractivity contribution in [3.63, 3.8) is 0 Å². The number of nitrogens with two attached hydrogens (primary N) is 1. The fourth-order valence-corrected chi connectivity index (χ4v) is 3.37. The second-order valence-electron chi connectivity index (χ2n) is 7.23. The molecule has 31 heavy (non-hydrogen) atoms. The molecule has 9 heteroatoms. The lowest BCUT2D eigenvalue weighted by atomic mass is 10.1. The molecule has 0 radical (unpaired) electrons. The number of rotatable bonds is 6.